The summed E-state index contributed by atoms with van der Waals surface area (Å²) in [7, 11) is 0. The Hall–Kier alpha value is -2.70. The maximum Gasteiger partial charge on any atom is 0.518 e. The second-order valence-electron chi connectivity index (χ2n) is 7.83. The molecule has 1 aromatic heterocycles. The molecule has 1 aromatic carbocycles. The molecular formula is C21H28N3O4+. The Labute approximate surface area is 164 Å². The van der Waals surface area contributed by atoms with Crippen LogP contribution in [-0.2, 0) is 6.54 Å². The van der Waals surface area contributed by atoms with Crippen LogP contribution in [0.3, 0.4) is 0 Å². The molecule has 0 aliphatic heterocycles. The average molecular weight is 386 g/mol. The van der Waals surface area contributed by atoms with Crippen LogP contribution in [-0.4, -0.2) is 22.5 Å². The zero-order valence-electron chi connectivity index (χ0n) is 16.5. The highest BCUT2D eigenvalue weighted by Crippen LogP contribution is 2.17. The van der Waals surface area contributed by atoms with E-state index in [1.165, 1.54) is 11.1 Å². The van der Waals surface area contributed by atoms with Gasteiger partial charge in [0.1, 0.15) is 0 Å². The van der Waals surface area contributed by atoms with Gasteiger partial charge < -0.3 is 4.42 Å². The van der Waals surface area contributed by atoms with E-state index in [2.05, 4.69) is 5.32 Å². The molecular weight excluding hydrogens is 358 g/mol. The van der Waals surface area contributed by atoms with Gasteiger partial charge in [0.2, 0.25) is 5.78 Å². The van der Waals surface area contributed by atoms with Crippen LogP contribution < -0.4 is 15.8 Å². The van der Waals surface area contributed by atoms with Crippen LogP contribution in [0.2, 0.25) is 0 Å². The maximum atomic E-state index is 13.0. The van der Waals surface area contributed by atoms with E-state index < -0.39 is 11.8 Å². The van der Waals surface area contributed by atoms with E-state index in [4.69, 9.17) is 4.42 Å². The molecule has 1 amide bonds. The molecule has 3 rings (SSSR count). The van der Waals surface area contributed by atoms with Gasteiger partial charge >= 0.3 is 17.7 Å². The normalized spacial score (nSPS) is 15.0. The van der Waals surface area contributed by atoms with Crippen molar-refractivity contribution in [3.05, 3.63) is 52.3 Å². The van der Waals surface area contributed by atoms with Crippen LogP contribution in [0.4, 0.5) is 4.79 Å². The number of hydrogen-bond donors (Lipinski definition) is 1. The van der Waals surface area contributed by atoms with E-state index >= 15 is 0 Å². The minimum absolute atomic E-state index is 0.0528. The van der Waals surface area contributed by atoms with Gasteiger partial charge in [-0.1, -0.05) is 50.6 Å². The molecule has 0 saturated heterocycles. The molecule has 0 unspecified atom stereocenters. The van der Waals surface area contributed by atoms with Crippen molar-refractivity contribution in [2.45, 2.75) is 65.0 Å². The summed E-state index contributed by atoms with van der Waals surface area (Å²) in [6.07, 6.45) is 5.32. The summed E-state index contributed by atoms with van der Waals surface area (Å²) in [5, 5.41) is 2.98. The van der Waals surface area contributed by atoms with Gasteiger partial charge in [0.25, 0.3) is 0 Å². The van der Waals surface area contributed by atoms with Crippen LogP contribution in [0.1, 0.15) is 68.6 Å². The number of ketones is 1. The molecule has 1 saturated carbocycles. The number of Topliss-reactive ketones (excluding diaryl/α,β-unsaturated/α-hetero) is 1. The zero-order chi connectivity index (χ0) is 20.1. The van der Waals surface area contributed by atoms with Gasteiger partial charge in [-0.15, -0.1) is 4.68 Å². The monoisotopic (exact) mass is 386 g/mol. The highest BCUT2D eigenvalue weighted by molar-refractivity contribution is 5.91. The van der Waals surface area contributed by atoms with E-state index in [1.54, 1.807) is 0 Å². The van der Waals surface area contributed by atoms with E-state index in [9.17, 15) is 14.4 Å². The SMILES string of the molecule is CC(C)CC(=O)c1oc(=O)n(Cc2ccccc2)[n+]1C(=O)NC1CCCCC1. The van der Waals surface area contributed by atoms with E-state index in [0.717, 1.165) is 35.9 Å². The molecule has 7 nitrogen and oxygen atoms in total. The van der Waals surface area contributed by atoms with Crippen LogP contribution in [0.15, 0.2) is 39.5 Å². The summed E-state index contributed by atoms with van der Waals surface area (Å²) in [5.74, 6) is -1.18. The second-order valence-corrected chi connectivity index (χ2v) is 7.83. The predicted octanol–water partition coefficient (Wildman–Crippen LogP) is 2.90. The molecule has 0 atom stereocenters. The molecule has 0 spiro atoms. The highest BCUT2D eigenvalue weighted by atomic mass is 16.4. The Morgan fingerprint density at radius 1 is 1.18 bits per heavy atom. The topological polar surface area (TPSA) is 85.2 Å². The molecule has 150 valence electrons. The van der Waals surface area contributed by atoms with Crippen molar-refractivity contribution in [1.29, 1.82) is 0 Å². The third-order valence-corrected chi connectivity index (χ3v) is 4.96. The van der Waals surface area contributed by atoms with Crippen molar-refractivity contribution in [3.63, 3.8) is 0 Å². The van der Waals surface area contributed by atoms with E-state index in [1.807, 2.05) is 44.2 Å². The fourth-order valence-electron chi connectivity index (χ4n) is 3.58. The quantitative estimate of drug-likeness (QED) is 0.611. The smallest absolute Gasteiger partial charge is 0.366 e. The van der Waals surface area contributed by atoms with Gasteiger partial charge in [0.15, 0.2) is 0 Å². The third-order valence-electron chi connectivity index (χ3n) is 4.96. The summed E-state index contributed by atoms with van der Waals surface area (Å²) in [4.78, 5) is 38.2. The average Bonchev–Trinajstić information content (AvgIpc) is 2.99. The number of aromatic nitrogens is 2. The van der Waals surface area contributed by atoms with E-state index in [0.29, 0.717) is 0 Å². The Kier molecular flexibility index (Phi) is 6.44. The van der Waals surface area contributed by atoms with Gasteiger partial charge in [-0.2, -0.15) is 4.79 Å². The predicted molar refractivity (Wildman–Crippen MR) is 103 cm³/mol. The maximum absolute atomic E-state index is 13.0. The fourth-order valence-corrected chi connectivity index (χ4v) is 3.58. The van der Waals surface area contributed by atoms with Gasteiger partial charge in [-0.3, -0.25) is 4.79 Å². The summed E-state index contributed by atoms with van der Waals surface area (Å²) >= 11 is 0. The van der Waals surface area contributed by atoms with Crippen molar-refractivity contribution in [3.8, 4) is 0 Å². The first-order valence-electron chi connectivity index (χ1n) is 9.99. The first kappa shape index (κ1) is 20.0. The number of amides is 1. The van der Waals surface area contributed by atoms with Crippen molar-refractivity contribution in [1.82, 2.24) is 10.00 Å². The van der Waals surface area contributed by atoms with Crippen molar-refractivity contribution in [2.75, 3.05) is 0 Å². The molecule has 0 bridgehead atoms. The zero-order valence-corrected chi connectivity index (χ0v) is 16.5. The standard InChI is InChI=1S/C21H27N3O4/c1-15(2)13-18(25)19-24(20(26)22-17-11-7-4-8-12-17)23(21(27)28-19)14-16-9-5-3-6-10-16/h3,5-6,9-10,15,17H,4,7-8,11-14H2,1-2H3/p+1. The molecule has 1 heterocycles. The number of carbonyl (C=O) groups excluding carboxylic acids is 2. The third kappa shape index (κ3) is 4.77. The number of benzene rings is 1. The number of rotatable bonds is 6. The number of carbonyl (C=O) groups is 2. The van der Waals surface area contributed by atoms with Crippen LogP contribution in [0, 0.1) is 5.92 Å². The Balaban J connectivity index is 1.95. The Morgan fingerprint density at radius 3 is 2.50 bits per heavy atom. The number of nitrogens with zero attached hydrogens (tertiary/aromatic N) is 2. The van der Waals surface area contributed by atoms with Gasteiger partial charge in [0.05, 0.1) is 12.6 Å². The lowest BCUT2D eigenvalue weighted by Gasteiger charge is -2.18. The fraction of sp³-hybridized carbons (Fsp3) is 0.524. The molecule has 7 heteroatoms. The lowest BCUT2D eigenvalue weighted by molar-refractivity contribution is -0.668. The largest absolute Gasteiger partial charge is 0.518 e. The molecule has 2 aromatic rings. The van der Waals surface area contributed by atoms with Crippen LogP contribution in [0.5, 0.6) is 0 Å². The minimum Gasteiger partial charge on any atom is -0.366 e. The molecule has 1 aliphatic carbocycles. The Morgan fingerprint density at radius 2 is 1.86 bits per heavy atom. The first-order chi connectivity index (χ1) is 13.5. The van der Waals surface area contributed by atoms with Gasteiger partial charge in [-0.25, -0.2) is 10.1 Å². The lowest BCUT2D eigenvalue weighted by Crippen LogP contribution is -2.62. The molecule has 1 N–H and O–H groups in total. The number of nitrogens with one attached hydrogen (secondary N) is 1. The summed E-state index contributed by atoms with van der Waals surface area (Å²) in [6, 6.07) is 8.88. The first-order valence-corrected chi connectivity index (χ1v) is 9.99. The van der Waals surface area contributed by atoms with Crippen LogP contribution in [0.25, 0.3) is 0 Å². The lowest BCUT2D eigenvalue weighted by atomic mass is 9.96. The van der Waals surface area contributed by atoms with Gasteiger partial charge in [0, 0.05) is 6.42 Å². The van der Waals surface area contributed by atoms with Gasteiger partial charge in [-0.05, 0) is 41.8 Å². The second kappa shape index (κ2) is 8.99. The molecule has 0 radical (unpaired) electrons. The molecule has 1 aliphatic rings. The van der Waals surface area contributed by atoms with E-state index in [-0.39, 0.29) is 36.6 Å². The Bertz CT molecular complexity index is 877. The molecule has 28 heavy (non-hydrogen) atoms. The summed E-state index contributed by atoms with van der Waals surface area (Å²) in [6.45, 7) is 3.96. The minimum atomic E-state index is -0.713. The van der Waals surface area contributed by atoms with Crippen LogP contribution >= 0.6 is 0 Å². The number of hydrogen-bond acceptors (Lipinski definition) is 4. The van der Waals surface area contributed by atoms with Crippen molar-refractivity contribution in [2.24, 2.45) is 5.92 Å². The van der Waals surface area contributed by atoms with Crippen molar-refractivity contribution >= 4 is 11.8 Å². The highest BCUT2D eigenvalue weighted by Gasteiger charge is 2.35. The summed E-state index contributed by atoms with van der Waals surface area (Å²) < 4.78 is 7.54. The molecule has 1 fully saturated rings. The van der Waals surface area contributed by atoms with Crippen molar-refractivity contribution < 1.29 is 18.7 Å². The summed E-state index contributed by atoms with van der Waals surface area (Å²) in [5.41, 5.74) is 0.840.